The van der Waals surface area contributed by atoms with Gasteiger partial charge < -0.3 is 5.11 Å². The molecule has 2 amide bonds. The Labute approximate surface area is 120 Å². The third kappa shape index (κ3) is 1.64. The zero-order chi connectivity index (χ0) is 14.6. The number of carboxylic acid groups (broad SMARTS) is 1. The summed E-state index contributed by atoms with van der Waals surface area (Å²) in [6.45, 7) is 3.43. The van der Waals surface area contributed by atoms with Crippen LogP contribution in [0.4, 0.5) is 5.00 Å². The van der Waals surface area contributed by atoms with E-state index in [9.17, 15) is 19.5 Å². The van der Waals surface area contributed by atoms with Crippen LogP contribution in [0.5, 0.6) is 0 Å². The van der Waals surface area contributed by atoms with Gasteiger partial charge in [0, 0.05) is 16.7 Å². The zero-order valence-corrected chi connectivity index (χ0v) is 12.1. The Balaban J connectivity index is 2.14. The number of fused-ring (bicyclic) bond motifs is 1. The van der Waals surface area contributed by atoms with Gasteiger partial charge in [-0.1, -0.05) is 13.8 Å². The first-order valence-electron chi connectivity index (χ1n) is 6.69. The van der Waals surface area contributed by atoms with Crippen LogP contribution in [0, 0.1) is 11.8 Å². The lowest BCUT2D eigenvalue weighted by Gasteiger charge is -2.14. The molecule has 2 atom stereocenters. The van der Waals surface area contributed by atoms with E-state index in [0.717, 1.165) is 34.6 Å². The fourth-order valence-corrected chi connectivity index (χ4v) is 4.30. The van der Waals surface area contributed by atoms with Crippen LogP contribution in [0.1, 0.15) is 41.1 Å². The molecule has 0 aromatic carbocycles. The highest BCUT2D eigenvalue weighted by Crippen LogP contribution is 2.44. The summed E-state index contributed by atoms with van der Waals surface area (Å²) in [5.41, 5.74) is 0.968. The average Bonchev–Trinajstić information content (AvgIpc) is 3.00. The van der Waals surface area contributed by atoms with Gasteiger partial charge in [0.05, 0.1) is 5.56 Å². The fraction of sp³-hybridized carbons (Fsp3) is 0.500. The molecular formula is C14H15NO4S. The highest BCUT2D eigenvalue weighted by Gasteiger charge is 2.46. The molecule has 0 saturated carbocycles. The van der Waals surface area contributed by atoms with Gasteiger partial charge in [0.2, 0.25) is 11.8 Å². The van der Waals surface area contributed by atoms with Gasteiger partial charge in [0.1, 0.15) is 5.00 Å². The van der Waals surface area contributed by atoms with Crippen LogP contribution < -0.4 is 4.90 Å². The van der Waals surface area contributed by atoms with Gasteiger partial charge in [0.25, 0.3) is 0 Å². The maximum atomic E-state index is 12.2. The molecule has 1 aromatic heterocycles. The van der Waals surface area contributed by atoms with E-state index in [1.165, 1.54) is 11.3 Å². The number of carbonyl (C=O) groups is 3. The van der Waals surface area contributed by atoms with Crippen molar-refractivity contribution < 1.29 is 19.5 Å². The standard InChI is InChI=1S/C14H15NO4S/c1-6-7(2)12(17)15(11(6)16)13-10(14(18)19)8-4-3-5-9(8)20-13/h6-7H,3-5H2,1-2H3,(H,18,19). The normalized spacial score (nSPS) is 25.4. The maximum absolute atomic E-state index is 12.2. The number of carbonyl (C=O) groups excluding carboxylic acids is 2. The van der Waals surface area contributed by atoms with Crippen LogP contribution >= 0.6 is 11.3 Å². The first-order valence-corrected chi connectivity index (χ1v) is 7.50. The van der Waals surface area contributed by atoms with Crippen LogP contribution in [0.15, 0.2) is 0 Å². The zero-order valence-electron chi connectivity index (χ0n) is 11.3. The second-order valence-corrected chi connectivity index (χ2v) is 6.52. The number of thiophene rings is 1. The minimum absolute atomic E-state index is 0.158. The lowest BCUT2D eigenvalue weighted by molar-refractivity contribution is -0.122. The number of imide groups is 1. The number of carboxylic acids is 1. The van der Waals surface area contributed by atoms with Crippen molar-refractivity contribution in [1.29, 1.82) is 0 Å². The monoisotopic (exact) mass is 293 g/mol. The Morgan fingerprint density at radius 3 is 2.35 bits per heavy atom. The van der Waals surface area contributed by atoms with Gasteiger partial charge in [-0.2, -0.15) is 0 Å². The van der Waals surface area contributed by atoms with E-state index in [1.54, 1.807) is 13.8 Å². The molecule has 2 aliphatic rings. The second kappa shape index (κ2) is 4.41. The van der Waals surface area contributed by atoms with Gasteiger partial charge in [-0.15, -0.1) is 11.3 Å². The molecule has 1 aromatic rings. The molecule has 6 heteroatoms. The van der Waals surface area contributed by atoms with Crippen LogP contribution in [-0.4, -0.2) is 22.9 Å². The molecule has 20 heavy (non-hydrogen) atoms. The van der Waals surface area contributed by atoms with Gasteiger partial charge >= 0.3 is 5.97 Å². The smallest absolute Gasteiger partial charge is 0.339 e. The Kier molecular flexibility index (Phi) is 2.93. The molecule has 1 aliphatic heterocycles. The van der Waals surface area contributed by atoms with Crippen LogP contribution in [-0.2, 0) is 22.4 Å². The highest BCUT2D eigenvalue weighted by molar-refractivity contribution is 7.17. The van der Waals surface area contributed by atoms with Crippen molar-refractivity contribution in [2.45, 2.75) is 33.1 Å². The van der Waals surface area contributed by atoms with E-state index in [1.807, 2.05) is 0 Å². The lowest BCUT2D eigenvalue weighted by Crippen LogP contribution is -2.31. The maximum Gasteiger partial charge on any atom is 0.339 e. The number of nitrogens with zero attached hydrogens (tertiary/aromatic N) is 1. The Bertz CT molecular complexity index is 613. The SMILES string of the molecule is CC1C(=O)N(c2sc3c(c2C(=O)O)CCC3)C(=O)C1C. The molecule has 0 radical (unpaired) electrons. The minimum Gasteiger partial charge on any atom is -0.478 e. The van der Waals surface area contributed by atoms with Crippen molar-refractivity contribution in [2.75, 3.05) is 4.90 Å². The van der Waals surface area contributed by atoms with Crippen molar-refractivity contribution in [1.82, 2.24) is 0 Å². The molecule has 106 valence electrons. The van der Waals surface area contributed by atoms with Gasteiger partial charge in [0.15, 0.2) is 0 Å². The van der Waals surface area contributed by atoms with Crippen LogP contribution in [0.3, 0.4) is 0 Å². The summed E-state index contributed by atoms with van der Waals surface area (Å²) in [4.78, 5) is 38.1. The largest absolute Gasteiger partial charge is 0.478 e. The van der Waals surface area contributed by atoms with E-state index in [-0.39, 0.29) is 29.2 Å². The summed E-state index contributed by atoms with van der Waals surface area (Å²) in [5, 5.41) is 9.75. The van der Waals surface area contributed by atoms with Gasteiger partial charge in [-0.3, -0.25) is 9.59 Å². The Morgan fingerprint density at radius 2 is 1.80 bits per heavy atom. The summed E-state index contributed by atoms with van der Waals surface area (Å²) >= 11 is 1.29. The number of anilines is 1. The van der Waals surface area contributed by atoms with Gasteiger partial charge in [-0.25, -0.2) is 9.69 Å². The summed E-state index contributed by atoms with van der Waals surface area (Å²) in [5.74, 6) is -2.40. The van der Waals surface area contributed by atoms with E-state index < -0.39 is 5.97 Å². The quantitative estimate of drug-likeness (QED) is 0.847. The van der Waals surface area contributed by atoms with Crippen molar-refractivity contribution >= 4 is 34.1 Å². The second-order valence-electron chi connectivity index (χ2n) is 5.43. The number of aromatic carboxylic acids is 1. The Hall–Kier alpha value is -1.69. The van der Waals surface area contributed by atoms with Crippen molar-refractivity contribution in [3.8, 4) is 0 Å². The molecule has 3 rings (SSSR count). The van der Waals surface area contributed by atoms with Crippen molar-refractivity contribution in [3.05, 3.63) is 16.0 Å². The predicted molar refractivity (Wildman–Crippen MR) is 74.1 cm³/mol. The number of aryl methyl sites for hydroxylation is 1. The molecular weight excluding hydrogens is 278 g/mol. The third-order valence-corrected chi connectivity index (χ3v) is 5.57. The summed E-state index contributed by atoms with van der Waals surface area (Å²) < 4.78 is 0. The van der Waals surface area contributed by atoms with Gasteiger partial charge in [-0.05, 0) is 24.8 Å². The molecule has 1 saturated heterocycles. The topological polar surface area (TPSA) is 74.7 Å². The number of hydrogen-bond acceptors (Lipinski definition) is 4. The molecule has 1 aliphatic carbocycles. The third-order valence-electron chi connectivity index (χ3n) is 4.29. The molecule has 0 spiro atoms. The molecule has 2 unspecified atom stereocenters. The first kappa shape index (κ1) is 13.3. The molecule has 2 heterocycles. The van der Waals surface area contributed by atoms with Crippen molar-refractivity contribution in [3.63, 3.8) is 0 Å². The number of hydrogen-bond donors (Lipinski definition) is 1. The first-order chi connectivity index (χ1) is 9.43. The molecule has 1 N–H and O–H groups in total. The molecule has 0 bridgehead atoms. The van der Waals surface area contributed by atoms with E-state index >= 15 is 0 Å². The fourth-order valence-electron chi connectivity index (χ4n) is 2.91. The van der Waals surface area contributed by atoms with E-state index in [4.69, 9.17) is 0 Å². The summed E-state index contributed by atoms with van der Waals surface area (Å²) in [7, 11) is 0. The lowest BCUT2D eigenvalue weighted by atomic mass is 10.00. The predicted octanol–water partition coefficient (Wildman–Crippen LogP) is 2.08. The summed E-state index contributed by atoms with van der Waals surface area (Å²) in [6.07, 6.45) is 2.49. The molecule has 1 fully saturated rings. The number of rotatable bonds is 2. The van der Waals surface area contributed by atoms with E-state index in [0.29, 0.717) is 5.00 Å². The molecule has 5 nitrogen and oxygen atoms in total. The number of amides is 2. The van der Waals surface area contributed by atoms with Crippen LogP contribution in [0.2, 0.25) is 0 Å². The van der Waals surface area contributed by atoms with E-state index in [2.05, 4.69) is 0 Å². The van der Waals surface area contributed by atoms with Crippen LogP contribution in [0.25, 0.3) is 0 Å². The minimum atomic E-state index is -1.05. The highest BCUT2D eigenvalue weighted by atomic mass is 32.1. The Morgan fingerprint density at radius 1 is 1.20 bits per heavy atom. The van der Waals surface area contributed by atoms with Crippen molar-refractivity contribution in [2.24, 2.45) is 11.8 Å². The average molecular weight is 293 g/mol. The summed E-state index contributed by atoms with van der Waals surface area (Å²) in [6, 6.07) is 0.